The Kier molecular flexibility index (Phi) is 6.97. The highest BCUT2D eigenvalue weighted by atomic mass is 32.1. The number of rotatable bonds is 5. The smallest absolute Gasteiger partial charge is 0.261 e. The molecule has 0 saturated carbocycles. The largest absolute Gasteiger partial charge is 0.379 e. The van der Waals surface area contributed by atoms with E-state index in [9.17, 15) is 14.4 Å². The lowest BCUT2D eigenvalue weighted by Crippen LogP contribution is -2.55. The van der Waals surface area contributed by atoms with Gasteiger partial charge < -0.3 is 10.1 Å². The molecule has 0 bridgehead atoms. The van der Waals surface area contributed by atoms with Crippen LogP contribution < -0.4 is 16.2 Å². The van der Waals surface area contributed by atoms with Crippen molar-refractivity contribution < 1.29 is 19.1 Å². The van der Waals surface area contributed by atoms with Crippen molar-refractivity contribution in [3.8, 4) is 0 Å². The van der Waals surface area contributed by atoms with Crippen molar-refractivity contribution in [2.24, 2.45) is 11.8 Å². The second-order valence-electron chi connectivity index (χ2n) is 7.20. The lowest BCUT2D eigenvalue weighted by Gasteiger charge is -2.26. The Hall–Kier alpha value is -2.04. The second-order valence-corrected chi connectivity index (χ2v) is 7.61. The third kappa shape index (κ3) is 4.68. The number of morpholine rings is 1. The Morgan fingerprint density at radius 1 is 1.18 bits per heavy atom. The van der Waals surface area contributed by atoms with Gasteiger partial charge in [0.25, 0.3) is 5.91 Å². The number of imide groups is 1. The van der Waals surface area contributed by atoms with Crippen LogP contribution in [0.4, 0.5) is 0 Å². The summed E-state index contributed by atoms with van der Waals surface area (Å²) in [6.07, 6.45) is 4.94. The summed E-state index contributed by atoms with van der Waals surface area (Å²) in [5.41, 5.74) is 5.11. The molecule has 0 unspecified atom stereocenters. The summed E-state index contributed by atoms with van der Waals surface area (Å²) in [6.45, 7) is 6.27. The highest BCUT2D eigenvalue weighted by molar-refractivity contribution is 7.80. The highest BCUT2D eigenvalue weighted by Gasteiger charge is 2.50. The van der Waals surface area contributed by atoms with Crippen molar-refractivity contribution >= 4 is 35.1 Å². The Morgan fingerprint density at radius 2 is 1.79 bits per heavy atom. The zero-order valence-electron chi connectivity index (χ0n) is 16.0. The van der Waals surface area contributed by atoms with Gasteiger partial charge in [-0.25, -0.2) is 0 Å². The Bertz CT molecular complexity index is 638. The fourth-order valence-corrected chi connectivity index (χ4v) is 3.90. The van der Waals surface area contributed by atoms with E-state index >= 15 is 0 Å². The minimum absolute atomic E-state index is 0.270. The average molecular weight is 410 g/mol. The predicted molar refractivity (Wildman–Crippen MR) is 106 cm³/mol. The van der Waals surface area contributed by atoms with Crippen molar-refractivity contribution in [1.29, 1.82) is 0 Å². The van der Waals surface area contributed by atoms with E-state index in [1.54, 1.807) is 6.92 Å². The molecule has 0 aromatic carbocycles. The van der Waals surface area contributed by atoms with E-state index < -0.39 is 11.9 Å². The van der Waals surface area contributed by atoms with Gasteiger partial charge in [-0.15, -0.1) is 0 Å². The SMILES string of the molecule is C[C@H](C(=O)NNC(=S)NCCN1CCOCC1)N1C(=O)[C@@H]2CC=CC[C@H]2C1=O. The first kappa shape index (κ1) is 20.7. The number of hydrazine groups is 1. The summed E-state index contributed by atoms with van der Waals surface area (Å²) in [5, 5.41) is 3.30. The number of hydrogen-bond donors (Lipinski definition) is 3. The Balaban J connectivity index is 1.41. The topological polar surface area (TPSA) is 103 Å². The molecule has 3 N–H and O–H groups in total. The van der Waals surface area contributed by atoms with Gasteiger partial charge in [0.15, 0.2) is 5.11 Å². The van der Waals surface area contributed by atoms with Crippen molar-refractivity contribution in [2.45, 2.75) is 25.8 Å². The maximum atomic E-state index is 12.5. The minimum Gasteiger partial charge on any atom is -0.379 e. The molecule has 9 nitrogen and oxygen atoms in total. The van der Waals surface area contributed by atoms with Crippen molar-refractivity contribution in [1.82, 2.24) is 26.0 Å². The molecule has 3 atom stereocenters. The minimum atomic E-state index is -0.894. The van der Waals surface area contributed by atoms with E-state index in [-0.39, 0.29) is 28.8 Å². The Labute approximate surface area is 169 Å². The third-order valence-corrected chi connectivity index (χ3v) is 5.67. The van der Waals surface area contributed by atoms with Crippen molar-refractivity contribution in [3.05, 3.63) is 12.2 Å². The number of ether oxygens (including phenoxy) is 1. The Morgan fingerprint density at radius 3 is 2.39 bits per heavy atom. The number of nitrogens with zero attached hydrogens (tertiary/aromatic N) is 2. The summed E-state index contributed by atoms with van der Waals surface area (Å²) in [6, 6.07) is -0.894. The van der Waals surface area contributed by atoms with E-state index in [0.717, 1.165) is 37.7 Å². The summed E-state index contributed by atoms with van der Waals surface area (Å²) in [7, 11) is 0. The number of allylic oxidation sites excluding steroid dienone is 2. The molecule has 0 aromatic rings. The first-order valence-electron chi connectivity index (χ1n) is 9.64. The molecule has 2 fully saturated rings. The van der Waals surface area contributed by atoms with Gasteiger partial charge in [-0.3, -0.25) is 35.0 Å². The van der Waals surface area contributed by atoms with E-state index in [2.05, 4.69) is 21.1 Å². The zero-order chi connectivity index (χ0) is 20.1. The van der Waals surface area contributed by atoms with Gasteiger partial charge >= 0.3 is 0 Å². The molecule has 154 valence electrons. The molecule has 1 aliphatic carbocycles. The standard InChI is InChI=1S/C18H27N5O4S/c1-12(23-16(25)13-4-2-3-5-14(13)17(23)26)15(24)20-21-18(28)19-6-7-22-8-10-27-11-9-22/h2-3,12-14H,4-11H2,1H3,(H,20,24)(H2,19,21,28)/t12-,13-,14-/m1/s1. The molecule has 3 amide bonds. The monoisotopic (exact) mass is 409 g/mol. The maximum absolute atomic E-state index is 12.5. The van der Waals surface area contributed by atoms with E-state index in [1.165, 1.54) is 0 Å². The van der Waals surface area contributed by atoms with E-state index in [1.807, 2.05) is 12.2 Å². The van der Waals surface area contributed by atoms with Crippen LogP contribution in [0.2, 0.25) is 0 Å². The van der Waals surface area contributed by atoms with E-state index in [0.29, 0.717) is 19.4 Å². The van der Waals surface area contributed by atoms with Gasteiger partial charge in [0, 0.05) is 26.2 Å². The van der Waals surface area contributed by atoms with Crippen LogP contribution in [0.15, 0.2) is 12.2 Å². The number of carbonyl (C=O) groups excluding carboxylic acids is 3. The molecule has 2 heterocycles. The van der Waals surface area contributed by atoms with Gasteiger partial charge in [-0.1, -0.05) is 12.2 Å². The van der Waals surface area contributed by atoms with Gasteiger partial charge in [-0.05, 0) is 32.0 Å². The van der Waals surface area contributed by atoms with E-state index in [4.69, 9.17) is 17.0 Å². The van der Waals surface area contributed by atoms with Crippen LogP contribution in [0.25, 0.3) is 0 Å². The number of likely N-dealkylation sites (tertiary alicyclic amines) is 1. The molecule has 10 heteroatoms. The molecular weight excluding hydrogens is 382 g/mol. The molecule has 3 aliphatic rings. The summed E-state index contributed by atoms with van der Waals surface area (Å²) in [4.78, 5) is 40.9. The predicted octanol–water partition coefficient (Wildman–Crippen LogP) is -0.846. The summed E-state index contributed by atoms with van der Waals surface area (Å²) >= 11 is 5.15. The highest BCUT2D eigenvalue weighted by Crippen LogP contribution is 2.35. The second kappa shape index (κ2) is 9.44. The van der Waals surface area contributed by atoms with Crippen LogP contribution in [0.5, 0.6) is 0 Å². The number of fused-ring (bicyclic) bond motifs is 1. The third-order valence-electron chi connectivity index (χ3n) is 5.42. The fraction of sp³-hybridized carbons (Fsp3) is 0.667. The number of nitrogens with one attached hydrogen (secondary N) is 3. The first-order valence-corrected chi connectivity index (χ1v) is 10.1. The summed E-state index contributed by atoms with van der Waals surface area (Å²) in [5.74, 6) is -1.71. The van der Waals surface area contributed by atoms with Crippen LogP contribution in [0.3, 0.4) is 0 Å². The summed E-state index contributed by atoms with van der Waals surface area (Å²) < 4.78 is 5.30. The number of carbonyl (C=O) groups is 3. The molecule has 0 aromatic heterocycles. The normalized spacial score (nSPS) is 26.0. The van der Waals surface area contributed by atoms with Crippen LogP contribution in [-0.4, -0.2) is 78.1 Å². The molecule has 28 heavy (non-hydrogen) atoms. The van der Waals surface area contributed by atoms with Crippen molar-refractivity contribution in [3.63, 3.8) is 0 Å². The number of hydrogen-bond acceptors (Lipinski definition) is 6. The first-order chi connectivity index (χ1) is 13.5. The van der Waals surface area contributed by atoms with Gasteiger partial charge in [-0.2, -0.15) is 0 Å². The van der Waals surface area contributed by atoms with Crippen LogP contribution in [0.1, 0.15) is 19.8 Å². The quantitative estimate of drug-likeness (QED) is 0.234. The molecule has 0 radical (unpaired) electrons. The number of thiocarbonyl (C=S) groups is 1. The fourth-order valence-electron chi connectivity index (χ4n) is 3.74. The van der Waals surface area contributed by atoms with Crippen LogP contribution in [-0.2, 0) is 19.1 Å². The molecular formula is C18H27N5O4S. The zero-order valence-corrected chi connectivity index (χ0v) is 16.8. The van der Waals surface area contributed by atoms with Gasteiger partial charge in [0.1, 0.15) is 6.04 Å². The van der Waals surface area contributed by atoms with Crippen LogP contribution >= 0.6 is 12.2 Å². The number of amides is 3. The molecule has 2 aliphatic heterocycles. The maximum Gasteiger partial charge on any atom is 0.261 e. The molecule has 2 saturated heterocycles. The van der Waals surface area contributed by atoms with Crippen LogP contribution in [0, 0.1) is 11.8 Å². The van der Waals surface area contributed by atoms with Gasteiger partial charge in [0.2, 0.25) is 11.8 Å². The van der Waals surface area contributed by atoms with Crippen molar-refractivity contribution in [2.75, 3.05) is 39.4 Å². The molecule has 0 spiro atoms. The average Bonchev–Trinajstić information content (AvgIpc) is 2.97. The van der Waals surface area contributed by atoms with Gasteiger partial charge in [0.05, 0.1) is 25.0 Å². The molecule has 3 rings (SSSR count). The lowest BCUT2D eigenvalue weighted by molar-refractivity contribution is -0.147. The lowest BCUT2D eigenvalue weighted by atomic mass is 9.85.